The molecule has 0 atom stereocenters. The molecule has 1 fully saturated rings. The number of para-hydroxylation sites is 1. The third-order valence-corrected chi connectivity index (χ3v) is 6.81. The van der Waals surface area contributed by atoms with Gasteiger partial charge in [-0.1, -0.05) is 6.07 Å². The van der Waals surface area contributed by atoms with Gasteiger partial charge in [-0.15, -0.1) is 31.7 Å². The Kier molecular flexibility index (Phi) is 7.32. The van der Waals surface area contributed by atoms with Gasteiger partial charge in [0.15, 0.2) is 28.1 Å². The molecule has 14 nitrogen and oxygen atoms in total. The Labute approximate surface area is 243 Å². The van der Waals surface area contributed by atoms with Gasteiger partial charge in [-0.3, -0.25) is 9.59 Å². The number of anilines is 4. The first-order chi connectivity index (χ1) is 21.1. The van der Waals surface area contributed by atoms with Crippen molar-refractivity contribution in [2.24, 2.45) is 0 Å². The van der Waals surface area contributed by atoms with E-state index in [-0.39, 0.29) is 23.1 Å². The van der Waals surface area contributed by atoms with Crippen molar-refractivity contribution in [2.45, 2.75) is 0 Å². The van der Waals surface area contributed by atoms with Crippen LogP contribution in [0.1, 0.15) is 24.4 Å². The van der Waals surface area contributed by atoms with Crippen LogP contribution in [-0.4, -0.2) is 89.6 Å². The van der Waals surface area contributed by atoms with Crippen molar-refractivity contribution in [1.82, 2.24) is 35.6 Å². The van der Waals surface area contributed by atoms with E-state index in [1.54, 1.807) is 40.6 Å². The zero-order chi connectivity index (χ0) is 31.3. The van der Waals surface area contributed by atoms with Gasteiger partial charge in [-0.2, -0.15) is 0 Å². The Morgan fingerprint density at radius 1 is 1.00 bits per heavy atom. The van der Waals surface area contributed by atoms with Crippen LogP contribution in [0.3, 0.4) is 0 Å². The highest BCUT2D eigenvalue weighted by atomic mass is 32.1. The fourth-order valence-corrected chi connectivity index (χ4v) is 4.79. The number of carbonyl (C=O) groups is 2. The largest absolute Gasteiger partial charge is 0.494 e. The van der Waals surface area contributed by atoms with Gasteiger partial charge in [-0.05, 0) is 18.2 Å². The maximum Gasteiger partial charge on any atom is 0.283 e. The van der Waals surface area contributed by atoms with Gasteiger partial charge < -0.3 is 35.1 Å². The van der Waals surface area contributed by atoms with Crippen LogP contribution in [0, 0.1) is 0 Å². The van der Waals surface area contributed by atoms with Gasteiger partial charge in [0.05, 0.1) is 44.5 Å². The van der Waals surface area contributed by atoms with Crippen LogP contribution in [0.4, 0.5) is 23.0 Å². The topological polar surface area (TPSA) is 166 Å². The van der Waals surface area contributed by atoms with E-state index < -0.39 is 12.9 Å². The predicted octanol–water partition coefficient (Wildman–Crippen LogP) is 2.73. The summed E-state index contributed by atoms with van der Waals surface area (Å²) in [5.74, 6) is 0.0152. The Balaban J connectivity index is 1.47. The lowest BCUT2D eigenvalue weighted by atomic mass is 10.1. The number of thiazole rings is 1. The summed E-state index contributed by atoms with van der Waals surface area (Å²) in [6.45, 7) is -0.810. The molecule has 3 N–H and O–H groups in total. The molecule has 0 spiro atoms. The monoisotopic (exact) mass is 580 g/mol. The summed E-state index contributed by atoms with van der Waals surface area (Å²) in [5, 5.41) is 25.9. The molecule has 212 valence electrons. The Morgan fingerprint density at radius 2 is 1.83 bits per heavy atom. The summed E-state index contributed by atoms with van der Waals surface area (Å²) in [7, 11) is 2.93. The number of benzene rings is 1. The number of nitrogens with zero attached hydrogens (tertiary/aromatic N) is 6. The van der Waals surface area contributed by atoms with E-state index in [2.05, 4.69) is 36.0 Å². The maximum atomic E-state index is 13.0. The average molecular weight is 581 g/mol. The number of carbonyl (C=O) groups excluding carboxylic acids is 2. The van der Waals surface area contributed by atoms with Crippen molar-refractivity contribution in [3.63, 3.8) is 0 Å². The van der Waals surface area contributed by atoms with Crippen molar-refractivity contribution in [3.05, 3.63) is 52.5 Å². The minimum absolute atomic E-state index is 0.114. The number of nitrogens with one attached hydrogen (secondary N) is 3. The van der Waals surface area contributed by atoms with Crippen LogP contribution in [0.2, 0.25) is 0 Å². The molecule has 4 heterocycles. The summed E-state index contributed by atoms with van der Waals surface area (Å²) in [5.41, 5.74) is 1.33. The molecule has 0 radical (unpaired) electrons. The quantitative estimate of drug-likeness (QED) is 0.265. The van der Waals surface area contributed by atoms with Gasteiger partial charge in [0.1, 0.15) is 0 Å². The number of rotatable bonds is 9. The molecule has 15 heteroatoms. The third kappa shape index (κ3) is 6.15. The molecule has 0 unspecified atom stereocenters. The molecule has 1 aromatic carbocycles. The molecule has 5 rings (SSSR count). The molecule has 1 aliphatic rings. The van der Waals surface area contributed by atoms with Gasteiger partial charge in [0, 0.05) is 47.3 Å². The molecule has 0 aliphatic carbocycles. The van der Waals surface area contributed by atoms with Gasteiger partial charge in [-0.25, -0.2) is 4.98 Å². The van der Waals surface area contributed by atoms with E-state index in [4.69, 9.17) is 18.3 Å². The normalized spacial score (nSPS) is 14.3. The van der Waals surface area contributed by atoms with E-state index in [1.807, 2.05) is 5.32 Å². The lowest BCUT2D eigenvalue weighted by Gasteiger charge is -2.25. The zero-order valence-corrected chi connectivity index (χ0v) is 22.8. The zero-order valence-electron chi connectivity index (χ0n) is 25.0. The highest BCUT2D eigenvalue weighted by Crippen LogP contribution is 2.39. The number of morpholine rings is 1. The molecule has 41 heavy (non-hydrogen) atoms. The highest BCUT2D eigenvalue weighted by Gasteiger charge is 2.23. The molecule has 3 aromatic heterocycles. The molecule has 2 amide bonds. The smallest absolute Gasteiger partial charge is 0.283 e. The summed E-state index contributed by atoms with van der Waals surface area (Å²) in [6.07, 6.45) is 0. The number of amides is 2. The standard InChI is InChI=1S/C26H27N9O5S/c1-27-24(36)22-17(13-20(32-34-22)30-19-7-8-21(38-2)33-31-19)28-16-6-4-5-15(23(16)39-3)18-14-41-25(29-18)26(37)35-9-11-40-12-10-35/h4-8,13-14H,9-12H2,1-3H3,(H,27,36)(H2,28,30,31,32)/i1D3. The summed E-state index contributed by atoms with van der Waals surface area (Å²) in [4.78, 5) is 32.1. The van der Waals surface area contributed by atoms with E-state index in [1.165, 1.54) is 31.6 Å². The second kappa shape index (κ2) is 12.5. The van der Waals surface area contributed by atoms with Gasteiger partial charge in [0.25, 0.3) is 11.8 Å². The molecular formula is C26H27N9O5S. The van der Waals surface area contributed by atoms with Crippen molar-refractivity contribution in [3.8, 4) is 22.9 Å². The van der Waals surface area contributed by atoms with Crippen LogP contribution in [0.15, 0.2) is 41.8 Å². The van der Waals surface area contributed by atoms with Crippen LogP contribution in [-0.2, 0) is 4.74 Å². The fourth-order valence-electron chi connectivity index (χ4n) is 4.00. The molecular weight excluding hydrogens is 550 g/mol. The number of aromatic nitrogens is 5. The summed E-state index contributed by atoms with van der Waals surface area (Å²) in [6, 6.07) is 9.88. The summed E-state index contributed by atoms with van der Waals surface area (Å²) < 4.78 is 38.4. The maximum absolute atomic E-state index is 13.0. The van der Waals surface area contributed by atoms with E-state index >= 15 is 0 Å². The van der Waals surface area contributed by atoms with Crippen LogP contribution in [0.25, 0.3) is 11.3 Å². The van der Waals surface area contributed by atoms with Crippen molar-refractivity contribution in [1.29, 1.82) is 0 Å². The van der Waals surface area contributed by atoms with Gasteiger partial charge in [0.2, 0.25) is 5.88 Å². The highest BCUT2D eigenvalue weighted by molar-refractivity contribution is 7.12. The van der Waals surface area contributed by atoms with Crippen molar-refractivity contribution >= 4 is 46.2 Å². The number of hydrogen-bond acceptors (Lipinski definition) is 13. The first-order valence-electron chi connectivity index (χ1n) is 13.8. The Hall–Kier alpha value is -4.89. The summed E-state index contributed by atoms with van der Waals surface area (Å²) >= 11 is 1.22. The predicted molar refractivity (Wildman–Crippen MR) is 151 cm³/mol. The average Bonchev–Trinajstić information content (AvgIpc) is 3.51. The minimum atomic E-state index is -2.76. The van der Waals surface area contributed by atoms with Crippen molar-refractivity contribution in [2.75, 3.05) is 58.1 Å². The molecule has 4 aromatic rings. The first-order valence-corrected chi connectivity index (χ1v) is 13.1. The fraction of sp³-hybridized carbons (Fsp3) is 0.269. The first kappa shape index (κ1) is 24.0. The van der Waals surface area contributed by atoms with Crippen LogP contribution in [0.5, 0.6) is 11.6 Å². The molecule has 1 saturated heterocycles. The third-order valence-electron chi connectivity index (χ3n) is 5.98. The molecule has 0 bridgehead atoms. The lowest BCUT2D eigenvalue weighted by Crippen LogP contribution is -2.40. The number of ether oxygens (including phenoxy) is 3. The minimum Gasteiger partial charge on any atom is -0.494 e. The van der Waals surface area contributed by atoms with Crippen LogP contribution < -0.4 is 25.4 Å². The van der Waals surface area contributed by atoms with Crippen LogP contribution >= 0.6 is 11.3 Å². The number of methoxy groups -OCH3 is 2. The van der Waals surface area contributed by atoms with E-state index in [0.717, 1.165) is 0 Å². The Morgan fingerprint density at radius 3 is 2.56 bits per heavy atom. The Bertz CT molecular complexity index is 1650. The SMILES string of the molecule is [2H]C([2H])([2H])NC(=O)c1nnc(Nc2ccc(OC)nn2)cc1Nc1cccc(-c2csc(C(=O)N3CCOCC3)n2)c1OC. The molecule has 1 aliphatic heterocycles. The second-order valence-corrected chi connectivity index (χ2v) is 9.34. The molecule has 0 saturated carbocycles. The number of hydrogen-bond donors (Lipinski definition) is 3. The van der Waals surface area contributed by atoms with E-state index in [9.17, 15) is 9.59 Å². The van der Waals surface area contributed by atoms with E-state index in [0.29, 0.717) is 65.7 Å². The lowest BCUT2D eigenvalue weighted by molar-refractivity contribution is 0.0302. The second-order valence-electron chi connectivity index (χ2n) is 8.49. The van der Waals surface area contributed by atoms with Gasteiger partial charge >= 0.3 is 0 Å². The van der Waals surface area contributed by atoms with Crippen molar-refractivity contribution < 1.29 is 27.9 Å².